The van der Waals surface area contributed by atoms with Gasteiger partial charge in [-0.1, -0.05) is 22.0 Å². The van der Waals surface area contributed by atoms with Crippen molar-refractivity contribution >= 4 is 33.2 Å². The van der Waals surface area contributed by atoms with Gasteiger partial charge in [-0.2, -0.15) is 5.26 Å². The van der Waals surface area contributed by atoms with Gasteiger partial charge in [0.2, 0.25) is 0 Å². The molecule has 1 atom stereocenters. The van der Waals surface area contributed by atoms with Crippen molar-refractivity contribution in [2.24, 2.45) is 5.92 Å². The third kappa shape index (κ3) is 3.40. The topological polar surface area (TPSA) is 27.0 Å². The van der Waals surface area contributed by atoms with Gasteiger partial charge in [0, 0.05) is 29.6 Å². The monoisotopic (exact) mass is 300 g/mol. The maximum absolute atomic E-state index is 8.76. The first kappa shape index (κ1) is 13.3. The van der Waals surface area contributed by atoms with E-state index < -0.39 is 0 Å². The molecular formula is C12H14BrClN2. The molecule has 0 radical (unpaired) electrons. The Labute approximate surface area is 110 Å². The summed E-state index contributed by atoms with van der Waals surface area (Å²) in [5.74, 6) is 0.524. The van der Waals surface area contributed by atoms with Gasteiger partial charge >= 0.3 is 0 Å². The number of anilines is 1. The SMILES string of the molecule is CC(C#N)CN(C)c1ccc(CCl)c(Br)c1. The molecule has 4 heteroatoms. The highest BCUT2D eigenvalue weighted by molar-refractivity contribution is 9.10. The lowest BCUT2D eigenvalue weighted by Gasteiger charge is -2.21. The van der Waals surface area contributed by atoms with E-state index in [0.29, 0.717) is 5.88 Å². The molecule has 0 aliphatic carbocycles. The number of halogens is 2. The number of rotatable bonds is 4. The molecule has 0 aliphatic rings. The second kappa shape index (κ2) is 6.12. The van der Waals surface area contributed by atoms with Crippen molar-refractivity contribution < 1.29 is 0 Å². The van der Waals surface area contributed by atoms with Gasteiger partial charge in [-0.05, 0) is 24.6 Å². The minimum Gasteiger partial charge on any atom is -0.373 e. The van der Waals surface area contributed by atoms with Crippen LogP contribution in [0.3, 0.4) is 0 Å². The molecule has 1 aromatic rings. The Morgan fingerprint density at radius 1 is 1.56 bits per heavy atom. The van der Waals surface area contributed by atoms with Gasteiger partial charge in [-0.15, -0.1) is 11.6 Å². The molecule has 86 valence electrons. The predicted molar refractivity (Wildman–Crippen MR) is 71.7 cm³/mol. The Morgan fingerprint density at radius 2 is 2.25 bits per heavy atom. The molecule has 0 fully saturated rings. The third-order valence-electron chi connectivity index (χ3n) is 2.39. The second-order valence-electron chi connectivity index (χ2n) is 3.82. The van der Waals surface area contributed by atoms with Crippen LogP contribution in [0.15, 0.2) is 22.7 Å². The number of hydrogen-bond donors (Lipinski definition) is 0. The molecule has 0 bridgehead atoms. The zero-order valence-electron chi connectivity index (χ0n) is 9.37. The Bertz CT molecular complexity index is 400. The number of nitrogens with zero attached hydrogens (tertiary/aromatic N) is 2. The molecule has 1 rings (SSSR count). The fraction of sp³-hybridized carbons (Fsp3) is 0.417. The standard InChI is InChI=1S/C12H14BrClN2/c1-9(7-15)8-16(2)11-4-3-10(6-14)12(13)5-11/h3-5,9H,6,8H2,1-2H3. The summed E-state index contributed by atoms with van der Waals surface area (Å²) < 4.78 is 1.01. The average molecular weight is 302 g/mol. The van der Waals surface area contributed by atoms with E-state index in [0.717, 1.165) is 22.3 Å². The van der Waals surface area contributed by atoms with Gasteiger partial charge in [-0.25, -0.2) is 0 Å². The molecule has 0 heterocycles. The van der Waals surface area contributed by atoms with Crippen molar-refractivity contribution in [2.75, 3.05) is 18.5 Å². The van der Waals surface area contributed by atoms with Gasteiger partial charge in [0.15, 0.2) is 0 Å². The van der Waals surface area contributed by atoms with E-state index in [9.17, 15) is 0 Å². The Hall–Kier alpha value is -0.720. The molecule has 0 aromatic heterocycles. The highest BCUT2D eigenvalue weighted by atomic mass is 79.9. The van der Waals surface area contributed by atoms with Crippen molar-refractivity contribution in [2.45, 2.75) is 12.8 Å². The lowest BCUT2D eigenvalue weighted by Crippen LogP contribution is -2.23. The van der Waals surface area contributed by atoms with Gasteiger partial charge in [0.1, 0.15) is 0 Å². The van der Waals surface area contributed by atoms with Crippen molar-refractivity contribution in [1.82, 2.24) is 0 Å². The van der Waals surface area contributed by atoms with Crippen LogP contribution in [0.5, 0.6) is 0 Å². The van der Waals surface area contributed by atoms with E-state index >= 15 is 0 Å². The minimum absolute atomic E-state index is 0.0245. The molecule has 1 unspecified atom stereocenters. The smallest absolute Gasteiger partial charge is 0.0671 e. The van der Waals surface area contributed by atoms with Crippen molar-refractivity contribution in [3.63, 3.8) is 0 Å². The first-order chi connectivity index (χ1) is 7.58. The maximum atomic E-state index is 8.76. The quantitative estimate of drug-likeness (QED) is 0.791. The largest absolute Gasteiger partial charge is 0.373 e. The van der Waals surface area contributed by atoms with E-state index in [1.807, 2.05) is 32.2 Å². The summed E-state index contributed by atoms with van der Waals surface area (Å²) in [4.78, 5) is 2.07. The maximum Gasteiger partial charge on any atom is 0.0671 e. The summed E-state index contributed by atoms with van der Waals surface area (Å²) in [6, 6.07) is 8.28. The van der Waals surface area contributed by atoms with Crippen LogP contribution in [0.2, 0.25) is 0 Å². The third-order valence-corrected chi connectivity index (χ3v) is 3.42. The van der Waals surface area contributed by atoms with E-state index in [1.54, 1.807) is 0 Å². The number of hydrogen-bond acceptors (Lipinski definition) is 2. The highest BCUT2D eigenvalue weighted by Gasteiger charge is 2.08. The molecule has 0 amide bonds. The van der Waals surface area contributed by atoms with Crippen molar-refractivity contribution in [1.29, 1.82) is 5.26 Å². The average Bonchev–Trinajstić information content (AvgIpc) is 2.28. The molecule has 0 aliphatic heterocycles. The number of nitriles is 1. The molecule has 0 N–H and O–H groups in total. The number of benzene rings is 1. The van der Waals surface area contributed by atoms with Crippen molar-refractivity contribution in [3.8, 4) is 6.07 Å². The van der Waals surface area contributed by atoms with E-state index in [1.165, 1.54) is 0 Å². The van der Waals surface area contributed by atoms with Crippen LogP contribution in [-0.4, -0.2) is 13.6 Å². The van der Waals surface area contributed by atoms with E-state index in [-0.39, 0.29) is 5.92 Å². The molecule has 1 aromatic carbocycles. The lowest BCUT2D eigenvalue weighted by atomic mass is 10.1. The first-order valence-corrected chi connectivity index (χ1v) is 6.36. The molecule has 0 saturated carbocycles. The second-order valence-corrected chi connectivity index (χ2v) is 4.94. The summed E-state index contributed by atoms with van der Waals surface area (Å²) in [5.41, 5.74) is 2.16. The summed E-state index contributed by atoms with van der Waals surface area (Å²) in [5, 5.41) is 8.76. The Balaban J connectivity index is 2.81. The van der Waals surface area contributed by atoms with E-state index in [4.69, 9.17) is 16.9 Å². The fourth-order valence-corrected chi connectivity index (χ4v) is 2.34. The van der Waals surface area contributed by atoms with Crippen LogP contribution in [0, 0.1) is 17.2 Å². The summed E-state index contributed by atoms with van der Waals surface area (Å²) in [6.45, 7) is 2.64. The van der Waals surface area contributed by atoms with Gasteiger partial charge in [0.05, 0.1) is 12.0 Å². The molecule has 16 heavy (non-hydrogen) atoms. The van der Waals surface area contributed by atoms with Crippen LogP contribution in [-0.2, 0) is 5.88 Å². The zero-order valence-corrected chi connectivity index (χ0v) is 11.7. The van der Waals surface area contributed by atoms with Crippen LogP contribution in [0.1, 0.15) is 12.5 Å². The van der Waals surface area contributed by atoms with Crippen molar-refractivity contribution in [3.05, 3.63) is 28.2 Å². The van der Waals surface area contributed by atoms with Gasteiger partial charge in [-0.3, -0.25) is 0 Å². The van der Waals surface area contributed by atoms with Crippen LogP contribution in [0.4, 0.5) is 5.69 Å². The summed E-state index contributed by atoms with van der Waals surface area (Å²) in [7, 11) is 1.98. The van der Waals surface area contributed by atoms with Crippen LogP contribution >= 0.6 is 27.5 Å². The highest BCUT2D eigenvalue weighted by Crippen LogP contribution is 2.25. The van der Waals surface area contributed by atoms with Gasteiger partial charge in [0.25, 0.3) is 0 Å². The normalized spacial score (nSPS) is 11.9. The predicted octanol–water partition coefficient (Wildman–Crippen LogP) is 3.78. The zero-order chi connectivity index (χ0) is 12.1. The van der Waals surface area contributed by atoms with Gasteiger partial charge < -0.3 is 4.90 Å². The van der Waals surface area contributed by atoms with E-state index in [2.05, 4.69) is 26.9 Å². The van der Waals surface area contributed by atoms with Crippen LogP contribution < -0.4 is 4.90 Å². The molecule has 0 saturated heterocycles. The molecule has 0 spiro atoms. The lowest BCUT2D eigenvalue weighted by molar-refractivity contribution is 0.716. The summed E-state index contributed by atoms with van der Waals surface area (Å²) in [6.07, 6.45) is 0. The first-order valence-electron chi connectivity index (χ1n) is 5.03. The number of alkyl halides is 1. The molecular weight excluding hydrogens is 288 g/mol. The summed E-state index contributed by atoms with van der Waals surface area (Å²) >= 11 is 9.27. The molecule has 2 nitrogen and oxygen atoms in total. The fourth-order valence-electron chi connectivity index (χ4n) is 1.44. The Morgan fingerprint density at radius 3 is 2.75 bits per heavy atom. The van der Waals surface area contributed by atoms with Crippen LogP contribution in [0.25, 0.3) is 0 Å². The Kier molecular flexibility index (Phi) is 5.11. The minimum atomic E-state index is 0.0245.